The van der Waals surface area contributed by atoms with Gasteiger partial charge in [0.15, 0.2) is 11.7 Å². The molecule has 1 aromatic carbocycles. The lowest BCUT2D eigenvalue weighted by atomic mass is 10.3. The zero-order valence-corrected chi connectivity index (χ0v) is 17.2. The monoisotopic (exact) mass is 426 g/mol. The van der Waals surface area contributed by atoms with Crippen molar-refractivity contribution in [3.8, 4) is 5.75 Å². The lowest BCUT2D eigenvalue weighted by Crippen LogP contribution is -2.50. The number of nitrogens with one attached hydrogen (secondary N) is 1. The number of ether oxygens (including phenoxy) is 1. The van der Waals surface area contributed by atoms with Crippen LogP contribution in [0.1, 0.15) is 30.5 Å². The van der Waals surface area contributed by atoms with Gasteiger partial charge in [0.2, 0.25) is 11.7 Å². The molecule has 10 heteroatoms. The van der Waals surface area contributed by atoms with Gasteiger partial charge in [0.1, 0.15) is 5.75 Å². The van der Waals surface area contributed by atoms with Gasteiger partial charge in [-0.3, -0.25) is 0 Å². The van der Waals surface area contributed by atoms with Gasteiger partial charge in [-0.2, -0.15) is 4.98 Å². The van der Waals surface area contributed by atoms with E-state index in [1.165, 1.54) is 0 Å². The van der Waals surface area contributed by atoms with E-state index in [0.29, 0.717) is 36.5 Å². The van der Waals surface area contributed by atoms with Crippen LogP contribution in [0.5, 0.6) is 5.75 Å². The Balaban J connectivity index is 1.09. The van der Waals surface area contributed by atoms with Crippen molar-refractivity contribution >= 4 is 28.2 Å². The number of carbonyl (C=O) groups is 1. The second-order valence-corrected chi connectivity index (χ2v) is 8.23. The summed E-state index contributed by atoms with van der Waals surface area (Å²) in [6, 6.07) is 7.19. The van der Waals surface area contributed by atoms with Gasteiger partial charge in [0.05, 0.1) is 0 Å². The Morgan fingerprint density at radius 1 is 1.20 bits per heavy atom. The summed E-state index contributed by atoms with van der Waals surface area (Å²) < 4.78 is 10.9. The molecule has 0 radical (unpaired) electrons. The van der Waals surface area contributed by atoms with Crippen molar-refractivity contribution in [3.05, 3.63) is 47.6 Å². The van der Waals surface area contributed by atoms with Gasteiger partial charge in [0, 0.05) is 49.4 Å². The topological polar surface area (TPSA) is 96.6 Å². The zero-order valence-electron chi connectivity index (χ0n) is 16.4. The van der Waals surface area contributed by atoms with Crippen LogP contribution in [0, 0.1) is 0 Å². The third-order valence-corrected chi connectivity index (χ3v) is 5.97. The molecule has 1 aliphatic carbocycles. The van der Waals surface area contributed by atoms with Crippen LogP contribution in [0.25, 0.3) is 0 Å². The molecular formula is C20H22N6O3S. The summed E-state index contributed by atoms with van der Waals surface area (Å²) in [5, 5.41) is 9.86. The number of anilines is 2. The van der Waals surface area contributed by atoms with Gasteiger partial charge in [-0.1, -0.05) is 5.16 Å². The first-order chi connectivity index (χ1) is 14.7. The average molecular weight is 427 g/mol. The molecule has 1 saturated carbocycles. The van der Waals surface area contributed by atoms with Crippen LogP contribution in [-0.2, 0) is 6.61 Å². The van der Waals surface area contributed by atoms with E-state index in [1.807, 2.05) is 34.5 Å². The molecule has 0 bridgehead atoms. The van der Waals surface area contributed by atoms with Crippen molar-refractivity contribution < 1.29 is 14.1 Å². The van der Waals surface area contributed by atoms with Gasteiger partial charge < -0.3 is 24.4 Å². The Morgan fingerprint density at radius 3 is 2.70 bits per heavy atom. The molecule has 3 aromatic rings. The number of thiazole rings is 1. The first-order valence-electron chi connectivity index (χ1n) is 10.0. The summed E-state index contributed by atoms with van der Waals surface area (Å²) in [6.45, 7) is 3.16. The summed E-state index contributed by atoms with van der Waals surface area (Å²) in [5.41, 5.74) is 0.727. The first-order valence-corrected chi connectivity index (χ1v) is 10.9. The predicted molar refractivity (Wildman–Crippen MR) is 112 cm³/mol. The van der Waals surface area contributed by atoms with Crippen molar-refractivity contribution in [2.45, 2.75) is 25.4 Å². The quantitative estimate of drug-likeness (QED) is 0.646. The number of aromatic nitrogens is 3. The van der Waals surface area contributed by atoms with Crippen LogP contribution in [0.15, 0.2) is 40.4 Å². The predicted octanol–water partition coefficient (Wildman–Crippen LogP) is 3.34. The van der Waals surface area contributed by atoms with Crippen molar-refractivity contribution in [1.82, 2.24) is 20.0 Å². The van der Waals surface area contributed by atoms with Crippen molar-refractivity contribution in [1.29, 1.82) is 0 Å². The molecule has 2 aliphatic rings. The van der Waals surface area contributed by atoms with Crippen molar-refractivity contribution in [2.75, 3.05) is 36.4 Å². The lowest BCUT2D eigenvalue weighted by Gasteiger charge is -2.34. The third-order valence-electron chi connectivity index (χ3n) is 5.14. The van der Waals surface area contributed by atoms with Gasteiger partial charge in [0.25, 0.3) is 0 Å². The second-order valence-electron chi connectivity index (χ2n) is 7.36. The molecular weight excluding hydrogens is 404 g/mol. The Bertz CT molecular complexity index is 978. The van der Waals surface area contributed by atoms with Gasteiger partial charge in [-0.15, -0.1) is 11.3 Å². The number of nitrogens with zero attached hydrogens (tertiary/aromatic N) is 5. The summed E-state index contributed by atoms with van der Waals surface area (Å²) in [7, 11) is 0. The lowest BCUT2D eigenvalue weighted by molar-refractivity contribution is 0.208. The molecule has 0 atom stereocenters. The fourth-order valence-electron chi connectivity index (χ4n) is 3.28. The number of urea groups is 1. The highest BCUT2D eigenvalue weighted by molar-refractivity contribution is 7.13. The zero-order chi connectivity index (χ0) is 20.3. The standard InChI is InChI=1S/C20H22N6O3S/c27-19(25-8-10-26(11-9-25)20-21-7-12-30-20)22-15-3-5-16(6-4-15)28-13-17-23-18(29-24-17)14-1-2-14/h3-7,12,14H,1-2,8-11,13H2,(H,22,27). The third kappa shape index (κ3) is 4.38. The second kappa shape index (κ2) is 8.31. The first kappa shape index (κ1) is 18.9. The molecule has 1 N–H and O–H groups in total. The van der Waals surface area contributed by atoms with E-state index in [-0.39, 0.29) is 12.6 Å². The summed E-state index contributed by atoms with van der Waals surface area (Å²) in [5.74, 6) is 2.37. The van der Waals surface area contributed by atoms with E-state index < -0.39 is 0 Å². The van der Waals surface area contributed by atoms with E-state index in [9.17, 15) is 4.79 Å². The number of carbonyl (C=O) groups excluding carboxylic acids is 1. The van der Waals surface area contributed by atoms with Crippen molar-refractivity contribution in [2.24, 2.45) is 0 Å². The van der Waals surface area contributed by atoms with E-state index in [2.05, 4.69) is 25.3 Å². The van der Waals surface area contributed by atoms with Crippen molar-refractivity contribution in [3.63, 3.8) is 0 Å². The van der Waals surface area contributed by atoms with Gasteiger partial charge in [-0.25, -0.2) is 9.78 Å². The highest BCUT2D eigenvalue weighted by Crippen LogP contribution is 2.38. The summed E-state index contributed by atoms with van der Waals surface area (Å²) in [4.78, 5) is 25.2. The molecule has 1 aliphatic heterocycles. The molecule has 0 unspecified atom stereocenters. The smallest absolute Gasteiger partial charge is 0.321 e. The number of piperazine rings is 1. The normalized spacial score (nSPS) is 16.5. The van der Waals surface area contributed by atoms with E-state index in [1.54, 1.807) is 17.5 Å². The largest absolute Gasteiger partial charge is 0.485 e. The molecule has 9 nitrogen and oxygen atoms in total. The number of amides is 2. The Morgan fingerprint density at radius 2 is 2.00 bits per heavy atom. The van der Waals surface area contributed by atoms with E-state index in [4.69, 9.17) is 9.26 Å². The van der Waals surface area contributed by atoms with E-state index in [0.717, 1.165) is 36.8 Å². The molecule has 30 heavy (non-hydrogen) atoms. The summed E-state index contributed by atoms with van der Waals surface area (Å²) >= 11 is 1.62. The SMILES string of the molecule is O=C(Nc1ccc(OCc2noc(C3CC3)n2)cc1)N1CCN(c2nccs2)CC1. The van der Waals surface area contributed by atoms with Crippen LogP contribution in [0.2, 0.25) is 0 Å². The van der Waals surface area contributed by atoms with Crippen LogP contribution < -0.4 is 15.0 Å². The van der Waals surface area contributed by atoms with E-state index >= 15 is 0 Å². The maximum Gasteiger partial charge on any atom is 0.321 e. The van der Waals surface area contributed by atoms with Gasteiger partial charge in [-0.05, 0) is 37.1 Å². The van der Waals surface area contributed by atoms with Crippen LogP contribution >= 0.6 is 11.3 Å². The maximum absolute atomic E-state index is 12.5. The fourth-order valence-corrected chi connectivity index (χ4v) is 3.98. The van der Waals surface area contributed by atoms with Crippen LogP contribution in [0.4, 0.5) is 15.6 Å². The fraction of sp³-hybridized carbons (Fsp3) is 0.400. The van der Waals surface area contributed by atoms with Crippen LogP contribution in [0.3, 0.4) is 0 Å². The Hall–Kier alpha value is -3.14. The molecule has 2 aromatic heterocycles. The van der Waals surface area contributed by atoms with Crippen LogP contribution in [-0.4, -0.2) is 52.2 Å². The molecule has 2 fully saturated rings. The Kier molecular flexibility index (Phi) is 5.22. The number of benzene rings is 1. The molecule has 3 heterocycles. The van der Waals surface area contributed by atoms with Gasteiger partial charge >= 0.3 is 6.03 Å². The maximum atomic E-state index is 12.5. The molecule has 2 amide bonds. The number of hydrogen-bond acceptors (Lipinski definition) is 8. The minimum Gasteiger partial charge on any atom is -0.485 e. The number of rotatable bonds is 6. The number of hydrogen-bond donors (Lipinski definition) is 1. The average Bonchev–Trinajstić information content (AvgIpc) is 3.27. The molecule has 5 rings (SSSR count). The highest BCUT2D eigenvalue weighted by atomic mass is 32.1. The molecule has 0 spiro atoms. The Labute approximate surface area is 177 Å². The minimum atomic E-state index is -0.0955. The minimum absolute atomic E-state index is 0.0955. The highest BCUT2D eigenvalue weighted by Gasteiger charge is 2.29. The molecule has 156 valence electrons. The molecule has 1 saturated heterocycles. The summed E-state index contributed by atoms with van der Waals surface area (Å²) in [6.07, 6.45) is 4.05.